The van der Waals surface area contributed by atoms with Gasteiger partial charge in [-0.1, -0.05) is 48.5 Å². The summed E-state index contributed by atoms with van der Waals surface area (Å²) < 4.78 is 0. The maximum Gasteiger partial charge on any atom is 0.0565 e. The molecule has 0 aliphatic heterocycles. The molecule has 0 radical (unpaired) electrons. The lowest BCUT2D eigenvalue weighted by atomic mass is 9.94. The van der Waals surface area contributed by atoms with Crippen molar-refractivity contribution in [1.29, 1.82) is 0 Å². The predicted molar refractivity (Wildman–Crippen MR) is 74.2 cm³/mol. The molecule has 2 heteroatoms. The van der Waals surface area contributed by atoms with E-state index in [9.17, 15) is 0 Å². The van der Waals surface area contributed by atoms with Gasteiger partial charge in [0.05, 0.1) is 6.20 Å². The molecular weight excluding hydrogens is 220 g/mol. The molecule has 1 N–H and O–H groups in total. The highest BCUT2D eigenvalue weighted by Gasteiger charge is 2.07. The summed E-state index contributed by atoms with van der Waals surface area (Å²) in [6.07, 6.45) is 3.79. The minimum atomic E-state index is 1.13. The second-order valence-corrected chi connectivity index (χ2v) is 4.33. The summed E-state index contributed by atoms with van der Waals surface area (Å²) in [6.45, 7) is 2.16. The molecule has 1 heterocycles. The van der Waals surface area contributed by atoms with E-state index in [1.54, 1.807) is 0 Å². The highest BCUT2D eigenvalue weighted by Crippen LogP contribution is 2.30. The van der Waals surface area contributed by atoms with Gasteiger partial charge in [0.15, 0.2) is 0 Å². The zero-order valence-corrected chi connectivity index (χ0v) is 10.2. The number of benzene rings is 2. The van der Waals surface area contributed by atoms with Crippen LogP contribution in [0.1, 0.15) is 5.56 Å². The molecule has 0 saturated carbocycles. The lowest BCUT2D eigenvalue weighted by Crippen LogP contribution is -1.87. The van der Waals surface area contributed by atoms with Crippen LogP contribution in [0.4, 0.5) is 0 Å². The van der Waals surface area contributed by atoms with Crippen LogP contribution in [-0.2, 0) is 0 Å². The molecule has 0 bridgehead atoms. The SMILES string of the molecule is Cc1c(-c2ccccc2)cccc1-c1cn[nH]c1. The molecule has 2 nitrogen and oxygen atoms in total. The predicted octanol–water partition coefficient (Wildman–Crippen LogP) is 4.05. The van der Waals surface area contributed by atoms with Gasteiger partial charge in [-0.05, 0) is 29.2 Å². The Morgan fingerprint density at radius 1 is 0.833 bits per heavy atom. The topological polar surface area (TPSA) is 28.7 Å². The average molecular weight is 234 g/mol. The second kappa shape index (κ2) is 4.49. The third kappa shape index (κ3) is 1.82. The highest BCUT2D eigenvalue weighted by atomic mass is 15.1. The molecule has 2 aromatic carbocycles. The van der Waals surface area contributed by atoms with E-state index in [0.29, 0.717) is 0 Å². The summed E-state index contributed by atoms with van der Waals surface area (Å²) in [4.78, 5) is 0. The number of aromatic nitrogens is 2. The van der Waals surface area contributed by atoms with Gasteiger partial charge in [0.25, 0.3) is 0 Å². The van der Waals surface area contributed by atoms with Crippen LogP contribution >= 0.6 is 0 Å². The molecular formula is C16H14N2. The van der Waals surface area contributed by atoms with Crippen molar-refractivity contribution < 1.29 is 0 Å². The van der Waals surface area contributed by atoms with Gasteiger partial charge in [-0.15, -0.1) is 0 Å². The summed E-state index contributed by atoms with van der Waals surface area (Å²) in [5.74, 6) is 0. The van der Waals surface area contributed by atoms with Gasteiger partial charge in [0.2, 0.25) is 0 Å². The van der Waals surface area contributed by atoms with Crippen molar-refractivity contribution in [1.82, 2.24) is 10.2 Å². The summed E-state index contributed by atoms with van der Waals surface area (Å²) in [6, 6.07) is 16.8. The Labute approximate surface area is 106 Å². The number of hydrogen-bond acceptors (Lipinski definition) is 1. The number of nitrogens with zero attached hydrogens (tertiary/aromatic N) is 1. The van der Waals surface area contributed by atoms with Crippen LogP contribution in [0.15, 0.2) is 60.9 Å². The molecule has 0 unspecified atom stereocenters. The van der Waals surface area contributed by atoms with Crippen molar-refractivity contribution >= 4 is 0 Å². The fourth-order valence-electron chi connectivity index (χ4n) is 2.28. The van der Waals surface area contributed by atoms with Crippen molar-refractivity contribution in [3.8, 4) is 22.3 Å². The minimum absolute atomic E-state index is 1.13. The molecule has 0 aliphatic rings. The second-order valence-electron chi connectivity index (χ2n) is 4.33. The number of H-pyrrole nitrogens is 1. The largest absolute Gasteiger partial charge is 0.285 e. The van der Waals surface area contributed by atoms with Crippen LogP contribution in [0.25, 0.3) is 22.3 Å². The van der Waals surface area contributed by atoms with Crippen molar-refractivity contribution in [2.45, 2.75) is 6.92 Å². The summed E-state index contributed by atoms with van der Waals surface area (Å²) in [5.41, 5.74) is 6.16. The highest BCUT2D eigenvalue weighted by molar-refractivity contribution is 5.77. The molecule has 1 aromatic heterocycles. The molecule has 0 spiro atoms. The van der Waals surface area contributed by atoms with Crippen molar-refractivity contribution in [3.05, 3.63) is 66.5 Å². The number of aromatic amines is 1. The number of nitrogens with one attached hydrogen (secondary N) is 1. The number of rotatable bonds is 2. The summed E-state index contributed by atoms with van der Waals surface area (Å²) in [5, 5.41) is 6.88. The van der Waals surface area contributed by atoms with Crippen molar-refractivity contribution in [2.24, 2.45) is 0 Å². The van der Waals surface area contributed by atoms with Crippen LogP contribution in [0, 0.1) is 6.92 Å². The molecule has 0 aliphatic carbocycles. The van der Waals surface area contributed by atoms with Gasteiger partial charge in [0, 0.05) is 11.8 Å². The lowest BCUT2D eigenvalue weighted by molar-refractivity contribution is 1.09. The van der Waals surface area contributed by atoms with Gasteiger partial charge in [-0.2, -0.15) is 5.10 Å². The molecule has 0 fully saturated rings. The molecule has 18 heavy (non-hydrogen) atoms. The minimum Gasteiger partial charge on any atom is -0.285 e. The van der Waals surface area contributed by atoms with E-state index in [1.165, 1.54) is 22.3 Å². The Hall–Kier alpha value is -2.35. The third-order valence-corrected chi connectivity index (χ3v) is 3.23. The van der Waals surface area contributed by atoms with E-state index in [1.807, 2.05) is 18.5 Å². The Morgan fingerprint density at radius 3 is 2.22 bits per heavy atom. The van der Waals surface area contributed by atoms with Crippen LogP contribution < -0.4 is 0 Å². The smallest absolute Gasteiger partial charge is 0.0565 e. The molecule has 3 aromatic rings. The molecule has 88 valence electrons. The Balaban J connectivity index is 2.16. The zero-order chi connectivity index (χ0) is 12.4. The summed E-state index contributed by atoms with van der Waals surface area (Å²) in [7, 11) is 0. The van der Waals surface area contributed by atoms with E-state index >= 15 is 0 Å². The molecule has 0 atom stereocenters. The van der Waals surface area contributed by atoms with Crippen LogP contribution in [0.5, 0.6) is 0 Å². The van der Waals surface area contributed by atoms with Crippen LogP contribution in [-0.4, -0.2) is 10.2 Å². The molecule has 3 rings (SSSR count). The van der Waals surface area contributed by atoms with Gasteiger partial charge in [-0.25, -0.2) is 0 Å². The third-order valence-electron chi connectivity index (χ3n) is 3.23. The molecule has 0 saturated heterocycles. The number of hydrogen-bond donors (Lipinski definition) is 1. The van der Waals surface area contributed by atoms with E-state index < -0.39 is 0 Å². The van der Waals surface area contributed by atoms with Gasteiger partial charge in [0.1, 0.15) is 0 Å². The Bertz CT molecular complexity index is 640. The Morgan fingerprint density at radius 2 is 1.56 bits per heavy atom. The van der Waals surface area contributed by atoms with E-state index in [2.05, 4.69) is 59.6 Å². The first kappa shape index (κ1) is 10.8. The monoisotopic (exact) mass is 234 g/mol. The fraction of sp³-hybridized carbons (Fsp3) is 0.0625. The van der Waals surface area contributed by atoms with Gasteiger partial charge < -0.3 is 0 Å². The van der Waals surface area contributed by atoms with Crippen molar-refractivity contribution in [3.63, 3.8) is 0 Å². The first-order valence-electron chi connectivity index (χ1n) is 6.00. The fourth-order valence-corrected chi connectivity index (χ4v) is 2.28. The van der Waals surface area contributed by atoms with Gasteiger partial charge in [-0.3, -0.25) is 5.10 Å². The molecule has 0 amide bonds. The zero-order valence-electron chi connectivity index (χ0n) is 10.2. The standard InChI is InChI=1S/C16H14N2/c1-12-15(13-6-3-2-4-7-13)8-5-9-16(12)14-10-17-18-11-14/h2-11H,1H3,(H,17,18). The first-order chi connectivity index (χ1) is 8.86. The quantitative estimate of drug-likeness (QED) is 0.712. The van der Waals surface area contributed by atoms with E-state index in [0.717, 1.165) is 5.56 Å². The van der Waals surface area contributed by atoms with E-state index in [4.69, 9.17) is 0 Å². The maximum atomic E-state index is 4.02. The maximum absolute atomic E-state index is 4.02. The lowest BCUT2D eigenvalue weighted by Gasteiger charge is -2.10. The normalized spacial score (nSPS) is 10.5. The van der Waals surface area contributed by atoms with Gasteiger partial charge >= 0.3 is 0 Å². The first-order valence-corrected chi connectivity index (χ1v) is 6.00. The van der Waals surface area contributed by atoms with Crippen molar-refractivity contribution in [2.75, 3.05) is 0 Å². The van der Waals surface area contributed by atoms with Crippen LogP contribution in [0.3, 0.4) is 0 Å². The average Bonchev–Trinajstić information content (AvgIpc) is 2.94. The van der Waals surface area contributed by atoms with E-state index in [-0.39, 0.29) is 0 Å². The van der Waals surface area contributed by atoms with Crippen LogP contribution in [0.2, 0.25) is 0 Å². The Kier molecular flexibility index (Phi) is 2.69. The summed E-state index contributed by atoms with van der Waals surface area (Å²) >= 11 is 0.